The minimum absolute atomic E-state index is 0.644. The zero-order valence-corrected chi connectivity index (χ0v) is 11.3. The van der Waals surface area contributed by atoms with E-state index in [1.165, 1.54) is 11.3 Å². The quantitative estimate of drug-likeness (QED) is 0.790. The summed E-state index contributed by atoms with van der Waals surface area (Å²) in [6.45, 7) is 0. The minimum Gasteiger partial charge on any atom is -0.495 e. The fourth-order valence-electron chi connectivity index (χ4n) is 1.46. The second-order valence-corrected chi connectivity index (χ2v) is 4.64. The van der Waals surface area contributed by atoms with Crippen molar-refractivity contribution in [3.8, 4) is 5.75 Å². The summed E-state index contributed by atoms with van der Waals surface area (Å²) in [6, 6.07) is 5.70. The predicted octanol–water partition coefficient (Wildman–Crippen LogP) is 3.63. The van der Waals surface area contributed by atoms with Crippen molar-refractivity contribution in [1.82, 2.24) is 4.98 Å². The second kappa shape index (κ2) is 5.59. The predicted molar refractivity (Wildman–Crippen MR) is 73.6 cm³/mol. The number of hydrogen-bond acceptors (Lipinski definition) is 6. The molecule has 5 nitrogen and oxygen atoms in total. The Morgan fingerprint density at radius 3 is 2.72 bits per heavy atom. The number of methoxy groups -OCH3 is 1. The Hall–Kier alpha value is -1.95. The Morgan fingerprint density at radius 2 is 2.11 bits per heavy atom. The van der Waals surface area contributed by atoms with Gasteiger partial charge in [0.25, 0.3) is 0 Å². The lowest BCUT2D eigenvalue weighted by Gasteiger charge is -2.16. The zero-order valence-electron chi connectivity index (χ0n) is 10.5. The summed E-state index contributed by atoms with van der Waals surface area (Å²) >= 11 is 1.45. The first kappa shape index (κ1) is 12.5. The standard InChI is InChI=1S/C12H14N4OS/c1-16(2)10-5-4-9(8-11(10)17-3)14-15-12-13-6-7-18-12/h4-8H,1-3H3. The van der Waals surface area contributed by atoms with Gasteiger partial charge in [0.15, 0.2) is 0 Å². The van der Waals surface area contributed by atoms with Crippen LogP contribution < -0.4 is 9.64 Å². The van der Waals surface area contributed by atoms with Gasteiger partial charge in [-0.3, -0.25) is 0 Å². The number of thiazole rings is 1. The molecular weight excluding hydrogens is 248 g/mol. The third-order valence-corrected chi connectivity index (χ3v) is 2.97. The van der Waals surface area contributed by atoms with Crippen molar-refractivity contribution in [2.75, 3.05) is 26.1 Å². The van der Waals surface area contributed by atoms with Crippen LogP contribution in [-0.2, 0) is 0 Å². The molecule has 0 unspecified atom stereocenters. The number of anilines is 1. The zero-order chi connectivity index (χ0) is 13.0. The van der Waals surface area contributed by atoms with Crippen molar-refractivity contribution in [1.29, 1.82) is 0 Å². The molecule has 0 aliphatic rings. The number of azo groups is 1. The van der Waals surface area contributed by atoms with Crippen LogP contribution in [0.4, 0.5) is 16.5 Å². The van der Waals surface area contributed by atoms with E-state index in [0.29, 0.717) is 5.13 Å². The van der Waals surface area contributed by atoms with Crippen LogP contribution in [0.25, 0.3) is 0 Å². The number of ether oxygens (including phenoxy) is 1. The SMILES string of the molecule is COc1cc(N=Nc2nccs2)ccc1N(C)C. The van der Waals surface area contributed by atoms with Crippen molar-refractivity contribution >= 4 is 27.8 Å². The summed E-state index contributed by atoms with van der Waals surface area (Å²) in [5.41, 5.74) is 1.75. The highest BCUT2D eigenvalue weighted by molar-refractivity contribution is 7.13. The minimum atomic E-state index is 0.644. The monoisotopic (exact) mass is 262 g/mol. The molecule has 2 aromatic rings. The molecule has 0 aliphatic heterocycles. The van der Waals surface area contributed by atoms with Crippen LogP contribution in [0.3, 0.4) is 0 Å². The van der Waals surface area contributed by atoms with E-state index >= 15 is 0 Å². The molecule has 0 amide bonds. The fraction of sp³-hybridized carbons (Fsp3) is 0.250. The van der Waals surface area contributed by atoms with Crippen molar-refractivity contribution < 1.29 is 4.74 Å². The topological polar surface area (TPSA) is 50.1 Å². The smallest absolute Gasteiger partial charge is 0.229 e. The lowest BCUT2D eigenvalue weighted by molar-refractivity contribution is 0.415. The van der Waals surface area contributed by atoms with Crippen LogP contribution in [0.5, 0.6) is 5.75 Å². The maximum Gasteiger partial charge on any atom is 0.229 e. The van der Waals surface area contributed by atoms with Gasteiger partial charge in [0.1, 0.15) is 5.75 Å². The first-order valence-corrected chi connectivity index (χ1v) is 6.25. The molecular formula is C12H14N4OS. The lowest BCUT2D eigenvalue weighted by atomic mass is 10.2. The molecule has 2 rings (SSSR count). The van der Waals surface area contributed by atoms with Gasteiger partial charge in [-0.15, -0.1) is 21.6 Å². The van der Waals surface area contributed by atoms with Gasteiger partial charge < -0.3 is 9.64 Å². The fourth-order valence-corrected chi connectivity index (χ4v) is 1.92. The maximum atomic E-state index is 5.33. The maximum absolute atomic E-state index is 5.33. The van der Waals surface area contributed by atoms with Crippen molar-refractivity contribution in [2.45, 2.75) is 0 Å². The highest BCUT2D eigenvalue weighted by Crippen LogP contribution is 2.31. The number of aromatic nitrogens is 1. The third kappa shape index (κ3) is 2.84. The molecule has 0 bridgehead atoms. The van der Waals surface area contributed by atoms with Crippen molar-refractivity contribution in [2.24, 2.45) is 10.2 Å². The molecule has 0 aliphatic carbocycles. The van der Waals surface area contributed by atoms with Gasteiger partial charge in [-0.05, 0) is 12.1 Å². The lowest BCUT2D eigenvalue weighted by Crippen LogP contribution is -2.09. The summed E-state index contributed by atoms with van der Waals surface area (Å²) in [4.78, 5) is 6.02. The molecule has 0 saturated heterocycles. The molecule has 6 heteroatoms. The molecule has 1 heterocycles. The Balaban J connectivity index is 2.25. The van der Waals surface area contributed by atoms with Gasteiger partial charge in [-0.1, -0.05) is 0 Å². The Kier molecular flexibility index (Phi) is 3.88. The largest absolute Gasteiger partial charge is 0.495 e. The van der Waals surface area contributed by atoms with Crippen LogP contribution >= 0.6 is 11.3 Å². The molecule has 94 valence electrons. The molecule has 0 saturated carbocycles. The average molecular weight is 262 g/mol. The Labute approximate surface area is 110 Å². The molecule has 18 heavy (non-hydrogen) atoms. The van der Waals surface area contributed by atoms with Crippen LogP contribution in [0, 0.1) is 0 Å². The highest BCUT2D eigenvalue weighted by atomic mass is 32.1. The van der Waals surface area contributed by atoms with E-state index in [1.807, 2.05) is 42.6 Å². The molecule has 1 aromatic heterocycles. The van der Waals surface area contributed by atoms with Gasteiger partial charge in [0.05, 0.1) is 18.5 Å². The van der Waals surface area contributed by atoms with Crippen LogP contribution in [0.1, 0.15) is 0 Å². The summed E-state index contributed by atoms with van der Waals surface area (Å²) < 4.78 is 5.33. The Bertz CT molecular complexity index is 537. The molecule has 0 fully saturated rings. The number of rotatable bonds is 4. The summed E-state index contributed by atoms with van der Waals surface area (Å²) in [5, 5.41) is 10.7. The summed E-state index contributed by atoms with van der Waals surface area (Å²) in [6.07, 6.45) is 1.70. The van der Waals surface area contributed by atoms with E-state index in [9.17, 15) is 0 Å². The van der Waals surface area contributed by atoms with Crippen LogP contribution in [0.2, 0.25) is 0 Å². The van der Waals surface area contributed by atoms with Gasteiger partial charge >= 0.3 is 0 Å². The van der Waals surface area contributed by atoms with E-state index in [0.717, 1.165) is 17.1 Å². The van der Waals surface area contributed by atoms with E-state index in [-0.39, 0.29) is 0 Å². The van der Waals surface area contributed by atoms with Gasteiger partial charge in [0, 0.05) is 31.7 Å². The van der Waals surface area contributed by atoms with E-state index in [1.54, 1.807) is 13.3 Å². The van der Waals surface area contributed by atoms with Gasteiger partial charge in [-0.25, -0.2) is 4.98 Å². The van der Waals surface area contributed by atoms with Crippen molar-refractivity contribution in [3.63, 3.8) is 0 Å². The summed E-state index contributed by atoms with van der Waals surface area (Å²) in [7, 11) is 5.58. The molecule has 0 spiro atoms. The Morgan fingerprint density at radius 1 is 1.28 bits per heavy atom. The van der Waals surface area contributed by atoms with Crippen molar-refractivity contribution in [3.05, 3.63) is 29.8 Å². The molecule has 0 atom stereocenters. The van der Waals surface area contributed by atoms with Gasteiger partial charge in [-0.2, -0.15) is 0 Å². The highest BCUT2D eigenvalue weighted by Gasteiger charge is 2.05. The first-order chi connectivity index (χ1) is 8.70. The molecule has 0 radical (unpaired) electrons. The number of hydrogen-bond donors (Lipinski definition) is 0. The average Bonchev–Trinajstić information content (AvgIpc) is 2.88. The normalized spacial score (nSPS) is 10.8. The van der Waals surface area contributed by atoms with Crippen LogP contribution in [0.15, 0.2) is 40.0 Å². The molecule has 0 N–H and O–H groups in total. The number of benzene rings is 1. The van der Waals surface area contributed by atoms with E-state index < -0.39 is 0 Å². The van der Waals surface area contributed by atoms with Gasteiger partial charge in [0.2, 0.25) is 5.13 Å². The second-order valence-electron chi connectivity index (χ2n) is 3.77. The van der Waals surface area contributed by atoms with E-state index in [2.05, 4.69) is 15.2 Å². The third-order valence-electron chi connectivity index (χ3n) is 2.32. The first-order valence-electron chi connectivity index (χ1n) is 5.37. The summed E-state index contributed by atoms with van der Waals surface area (Å²) in [5.74, 6) is 0.774. The van der Waals surface area contributed by atoms with E-state index in [4.69, 9.17) is 4.74 Å². The van der Waals surface area contributed by atoms with Crippen LogP contribution in [-0.4, -0.2) is 26.2 Å². The number of nitrogens with zero attached hydrogens (tertiary/aromatic N) is 4. The molecule has 1 aromatic carbocycles.